The first-order valence-electron chi connectivity index (χ1n) is 11.4. The molecule has 0 aromatic heterocycles. The fraction of sp³-hybridized carbons (Fsp3) is 0.667. The van der Waals surface area contributed by atoms with Crippen LogP contribution in [0.2, 0.25) is 0 Å². The second-order valence-electron chi connectivity index (χ2n) is 9.20. The molecule has 1 N–H and O–H groups in total. The van der Waals surface area contributed by atoms with Gasteiger partial charge in [-0.25, -0.2) is 0 Å². The minimum atomic E-state index is 0.0282. The van der Waals surface area contributed by atoms with Gasteiger partial charge in [-0.15, -0.1) is 0 Å². The molecule has 2 rings (SSSR count). The number of rotatable bonds is 10. The van der Waals surface area contributed by atoms with Crippen molar-refractivity contribution < 1.29 is 9.59 Å². The molecule has 6 heteroatoms. The highest BCUT2D eigenvalue weighted by molar-refractivity contribution is 5.93. The van der Waals surface area contributed by atoms with Crippen molar-refractivity contribution >= 4 is 17.5 Å². The molecule has 0 unspecified atom stereocenters. The number of benzene rings is 1. The molecule has 0 spiro atoms. The smallest absolute Gasteiger partial charge is 0.238 e. The van der Waals surface area contributed by atoms with Crippen molar-refractivity contribution in [3.8, 4) is 0 Å². The molecule has 30 heavy (non-hydrogen) atoms. The van der Waals surface area contributed by atoms with Gasteiger partial charge in [-0.3, -0.25) is 19.4 Å². The maximum atomic E-state index is 12.8. The molecule has 1 aromatic carbocycles. The molecule has 1 heterocycles. The summed E-state index contributed by atoms with van der Waals surface area (Å²) in [6.07, 6.45) is 0.897. The quantitative estimate of drug-likeness (QED) is 0.637. The van der Waals surface area contributed by atoms with Crippen molar-refractivity contribution in [2.75, 3.05) is 57.7 Å². The van der Waals surface area contributed by atoms with E-state index < -0.39 is 0 Å². The Morgan fingerprint density at radius 3 is 2.00 bits per heavy atom. The van der Waals surface area contributed by atoms with Crippen LogP contribution in [0.4, 0.5) is 5.69 Å². The zero-order valence-corrected chi connectivity index (χ0v) is 19.5. The molecule has 0 bridgehead atoms. The SMILES string of the molecule is CCc1ccccc1NC(=O)CN1CCN(CC(=O)N(CC(C)C)CC(C)C)CC1. The average molecular weight is 417 g/mol. The van der Waals surface area contributed by atoms with Crippen LogP contribution in [0.15, 0.2) is 24.3 Å². The van der Waals surface area contributed by atoms with Gasteiger partial charge in [0, 0.05) is 45.0 Å². The van der Waals surface area contributed by atoms with E-state index in [-0.39, 0.29) is 11.8 Å². The van der Waals surface area contributed by atoms with E-state index >= 15 is 0 Å². The first-order valence-corrected chi connectivity index (χ1v) is 11.4. The van der Waals surface area contributed by atoms with Crippen LogP contribution >= 0.6 is 0 Å². The minimum Gasteiger partial charge on any atom is -0.341 e. The van der Waals surface area contributed by atoms with Crippen LogP contribution in [0.1, 0.15) is 40.2 Å². The van der Waals surface area contributed by atoms with Crippen molar-refractivity contribution in [1.82, 2.24) is 14.7 Å². The number of nitrogens with one attached hydrogen (secondary N) is 1. The molecule has 0 radical (unpaired) electrons. The molecule has 1 aliphatic heterocycles. The van der Waals surface area contributed by atoms with Gasteiger partial charge in [0.2, 0.25) is 11.8 Å². The van der Waals surface area contributed by atoms with Crippen LogP contribution in [0.3, 0.4) is 0 Å². The first kappa shape index (κ1) is 24.4. The van der Waals surface area contributed by atoms with E-state index in [1.807, 2.05) is 29.2 Å². The molecule has 1 aromatic rings. The van der Waals surface area contributed by atoms with Crippen LogP contribution in [0, 0.1) is 11.8 Å². The molecule has 2 amide bonds. The van der Waals surface area contributed by atoms with E-state index in [0.29, 0.717) is 24.9 Å². The zero-order chi connectivity index (χ0) is 22.1. The van der Waals surface area contributed by atoms with Gasteiger partial charge in [0.15, 0.2) is 0 Å². The molecule has 6 nitrogen and oxygen atoms in total. The van der Waals surface area contributed by atoms with Gasteiger partial charge in [0.05, 0.1) is 13.1 Å². The highest BCUT2D eigenvalue weighted by Gasteiger charge is 2.23. The number of carbonyl (C=O) groups is 2. The lowest BCUT2D eigenvalue weighted by Gasteiger charge is -2.35. The lowest BCUT2D eigenvalue weighted by Crippen LogP contribution is -2.52. The van der Waals surface area contributed by atoms with Crippen LogP contribution in [0.25, 0.3) is 0 Å². The molecule has 1 fully saturated rings. The van der Waals surface area contributed by atoms with Crippen LogP contribution in [0.5, 0.6) is 0 Å². The number of anilines is 1. The maximum Gasteiger partial charge on any atom is 0.238 e. The van der Waals surface area contributed by atoms with Crippen molar-refractivity contribution in [3.63, 3.8) is 0 Å². The Kier molecular flexibility index (Phi) is 9.79. The average Bonchev–Trinajstić information content (AvgIpc) is 2.68. The summed E-state index contributed by atoms with van der Waals surface area (Å²) in [5, 5.41) is 3.05. The number of aryl methyl sites for hydroxylation is 1. The Morgan fingerprint density at radius 1 is 0.933 bits per heavy atom. The number of para-hydroxylation sites is 1. The maximum absolute atomic E-state index is 12.8. The standard InChI is InChI=1S/C24H40N4O2/c1-6-21-9-7-8-10-22(21)25-23(29)17-26-11-13-27(14-12-26)18-24(30)28(15-19(2)3)16-20(4)5/h7-10,19-20H,6,11-18H2,1-5H3,(H,25,29). The number of hydrogen-bond acceptors (Lipinski definition) is 4. The largest absolute Gasteiger partial charge is 0.341 e. The zero-order valence-electron chi connectivity index (χ0n) is 19.5. The summed E-state index contributed by atoms with van der Waals surface area (Å²) in [5.74, 6) is 1.20. The van der Waals surface area contributed by atoms with Gasteiger partial charge in [-0.05, 0) is 29.9 Å². The molecular weight excluding hydrogens is 376 g/mol. The minimum absolute atomic E-state index is 0.0282. The van der Waals surface area contributed by atoms with E-state index in [0.717, 1.165) is 56.9 Å². The fourth-order valence-electron chi connectivity index (χ4n) is 3.90. The predicted molar refractivity (Wildman–Crippen MR) is 124 cm³/mol. The van der Waals surface area contributed by atoms with Gasteiger partial charge < -0.3 is 10.2 Å². The third-order valence-electron chi connectivity index (χ3n) is 5.39. The normalized spacial score (nSPS) is 15.6. The number of carbonyl (C=O) groups excluding carboxylic acids is 2. The summed E-state index contributed by atoms with van der Waals surface area (Å²) in [4.78, 5) is 31.7. The van der Waals surface area contributed by atoms with Crippen molar-refractivity contribution in [2.45, 2.75) is 41.0 Å². The monoisotopic (exact) mass is 416 g/mol. The van der Waals surface area contributed by atoms with Crippen LogP contribution in [-0.2, 0) is 16.0 Å². The number of hydrogen-bond donors (Lipinski definition) is 1. The van der Waals surface area contributed by atoms with E-state index in [4.69, 9.17) is 0 Å². The number of amides is 2. The Balaban J connectivity index is 1.78. The highest BCUT2D eigenvalue weighted by Crippen LogP contribution is 2.15. The fourth-order valence-corrected chi connectivity index (χ4v) is 3.90. The Bertz CT molecular complexity index is 672. The summed E-state index contributed by atoms with van der Waals surface area (Å²) >= 11 is 0. The molecular formula is C24H40N4O2. The van der Waals surface area contributed by atoms with E-state index in [1.165, 1.54) is 0 Å². The summed E-state index contributed by atoms with van der Waals surface area (Å²) in [5.41, 5.74) is 2.06. The molecule has 168 valence electrons. The Hall–Kier alpha value is -1.92. The summed E-state index contributed by atoms with van der Waals surface area (Å²) in [7, 11) is 0. The topological polar surface area (TPSA) is 55.9 Å². The predicted octanol–water partition coefficient (Wildman–Crippen LogP) is 2.95. The molecule has 1 saturated heterocycles. The second-order valence-corrected chi connectivity index (χ2v) is 9.20. The third kappa shape index (κ3) is 8.07. The van der Waals surface area contributed by atoms with Gasteiger partial charge in [-0.1, -0.05) is 52.8 Å². The number of nitrogens with zero attached hydrogens (tertiary/aromatic N) is 3. The van der Waals surface area contributed by atoms with Crippen molar-refractivity contribution in [1.29, 1.82) is 0 Å². The Labute approximate surface area is 182 Å². The van der Waals surface area contributed by atoms with Gasteiger partial charge in [-0.2, -0.15) is 0 Å². The Morgan fingerprint density at radius 2 is 1.47 bits per heavy atom. The van der Waals surface area contributed by atoms with Gasteiger partial charge >= 0.3 is 0 Å². The number of piperazine rings is 1. The van der Waals surface area contributed by atoms with E-state index in [9.17, 15) is 9.59 Å². The van der Waals surface area contributed by atoms with Gasteiger partial charge in [0.1, 0.15) is 0 Å². The second kappa shape index (κ2) is 12.1. The molecule has 0 atom stereocenters. The first-order chi connectivity index (χ1) is 14.3. The summed E-state index contributed by atoms with van der Waals surface area (Å²) < 4.78 is 0. The summed E-state index contributed by atoms with van der Waals surface area (Å²) in [6, 6.07) is 7.96. The lowest BCUT2D eigenvalue weighted by molar-refractivity contribution is -0.134. The molecule has 0 saturated carbocycles. The van der Waals surface area contributed by atoms with Crippen molar-refractivity contribution in [3.05, 3.63) is 29.8 Å². The third-order valence-corrected chi connectivity index (χ3v) is 5.39. The van der Waals surface area contributed by atoms with Gasteiger partial charge in [0.25, 0.3) is 0 Å². The van der Waals surface area contributed by atoms with E-state index in [1.54, 1.807) is 0 Å². The molecule has 1 aliphatic rings. The van der Waals surface area contributed by atoms with Crippen LogP contribution < -0.4 is 5.32 Å². The summed E-state index contributed by atoms with van der Waals surface area (Å²) in [6.45, 7) is 16.5. The van der Waals surface area contributed by atoms with E-state index in [2.05, 4.69) is 49.7 Å². The highest BCUT2D eigenvalue weighted by atomic mass is 16.2. The van der Waals surface area contributed by atoms with Crippen LogP contribution in [-0.4, -0.2) is 78.9 Å². The lowest BCUT2D eigenvalue weighted by atomic mass is 10.1. The van der Waals surface area contributed by atoms with Crippen molar-refractivity contribution in [2.24, 2.45) is 11.8 Å². The molecule has 0 aliphatic carbocycles.